The third kappa shape index (κ3) is 5.98. The van der Waals surface area contributed by atoms with E-state index in [1.807, 2.05) is 48.5 Å². The largest absolute Gasteiger partial charge is 0.458 e. The van der Waals surface area contributed by atoms with Crippen LogP contribution in [0.25, 0.3) is 0 Å². The first kappa shape index (κ1) is 31.3. The summed E-state index contributed by atoms with van der Waals surface area (Å²) in [5, 5.41) is 0. The summed E-state index contributed by atoms with van der Waals surface area (Å²) in [6.45, 7) is 8.02. The van der Waals surface area contributed by atoms with Gasteiger partial charge in [-0.25, -0.2) is 9.59 Å². The van der Waals surface area contributed by atoms with Gasteiger partial charge in [-0.15, -0.1) is 0 Å². The summed E-state index contributed by atoms with van der Waals surface area (Å²) in [7, 11) is 0. The standard InChI is InChI=1S/C39H52O5/c1-27(13-12-24-42-26-43-36(40)28-14-6-4-7-15-28)32-21-22-33-31-20-19-30-18-10-11-23-38(30,2)34(31)25-35(39(32,33)3)44-37(41)29-16-8-5-9-17-29/h4-9,14-17,27,30-35H,10-13,18-26H2,1-3H3/t27-,30?,31+,32-,33+,34+,35+,38+,39-/m1/s1. The van der Waals surface area contributed by atoms with Crippen molar-refractivity contribution < 1.29 is 23.8 Å². The minimum absolute atomic E-state index is 0.0189. The van der Waals surface area contributed by atoms with Gasteiger partial charge in [-0.2, -0.15) is 0 Å². The molecule has 4 fully saturated rings. The zero-order chi connectivity index (χ0) is 30.7. The Morgan fingerprint density at radius 1 is 0.841 bits per heavy atom. The van der Waals surface area contributed by atoms with Crippen molar-refractivity contribution in [1.29, 1.82) is 0 Å². The number of ether oxygens (including phenoxy) is 3. The third-order valence-corrected chi connectivity index (χ3v) is 12.9. The molecule has 4 saturated carbocycles. The zero-order valence-corrected chi connectivity index (χ0v) is 27.0. The lowest BCUT2D eigenvalue weighted by Crippen LogP contribution is -2.59. The molecule has 1 unspecified atom stereocenters. The summed E-state index contributed by atoms with van der Waals surface area (Å²) in [6, 6.07) is 18.6. The van der Waals surface area contributed by atoms with Crippen molar-refractivity contribution in [3.05, 3.63) is 71.8 Å². The van der Waals surface area contributed by atoms with Crippen molar-refractivity contribution in [1.82, 2.24) is 0 Å². The SMILES string of the molecule is C[C@H](CCCOCOC(=O)c1ccccc1)[C@H]1CC[C@H]2[C@@H]3CCC4CCCC[C@]4(C)[C@H]3C[C@H](OC(=O)c3ccccc3)[C@]12C. The average molecular weight is 601 g/mol. The molecular weight excluding hydrogens is 548 g/mol. The van der Waals surface area contributed by atoms with E-state index in [0.717, 1.165) is 31.1 Å². The first-order valence-corrected chi connectivity index (χ1v) is 17.4. The molecule has 0 aromatic heterocycles. The molecule has 0 heterocycles. The van der Waals surface area contributed by atoms with Gasteiger partial charge in [-0.1, -0.05) is 70.0 Å². The van der Waals surface area contributed by atoms with E-state index in [-0.39, 0.29) is 30.3 Å². The summed E-state index contributed by atoms with van der Waals surface area (Å²) < 4.78 is 17.7. The fourth-order valence-electron chi connectivity index (χ4n) is 10.7. The van der Waals surface area contributed by atoms with Gasteiger partial charge in [-0.3, -0.25) is 0 Å². The van der Waals surface area contributed by atoms with E-state index in [0.29, 0.717) is 46.8 Å². The monoisotopic (exact) mass is 600 g/mol. The second kappa shape index (κ2) is 13.4. The van der Waals surface area contributed by atoms with Gasteiger partial charge in [0.25, 0.3) is 0 Å². The predicted molar refractivity (Wildman–Crippen MR) is 172 cm³/mol. The molecule has 5 nitrogen and oxygen atoms in total. The van der Waals surface area contributed by atoms with E-state index >= 15 is 0 Å². The molecule has 0 bridgehead atoms. The Morgan fingerprint density at radius 3 is 2.27 bits per heavy atom. The molecule has 0 N–H and O–H groups in total. The molecule has 44 heavy (non-hydrogen) atoms. The lowest BCUT2D eigenvalue weighted by Gasteiger charge is -2.62. The van der Waals surface area contributed by atoms with E-state index in [1.54, 1.807) is 12.1 Å². The van der Waals surface area contributed by atoms with Crippen LogP contribution in [0.15, 0.2) is 60.7 Å². The number of carbonyl (C=O) groups excluding carboxylic acids is 2. The van der Waals surface area contributed by atoms with Crippen LogP contribution in [0, 0.1) is 46.3 Å². The number of fused-ring (bicyclic) bond motifs is 5. The van der Waals surface area contributed by atoms with Crippen LogP contribution in [-0.2, 0) is 14.2 Å². The molecular formula is C39H52O5. The number of hydrogen-bond donors (Lipinski definition) is 0. The van der Waals surface area contributed by atoms with Crippen molar-refractivity contribution in [2.24, 2.45) is 46.3 Å². The lowest BCUT2D eigenvalue weighted by atomic mass is 9.44. The molecule has 2 aromatic carbocycles. The third-order valence-electron chi connectivity index (χ3n) is 12.9. The highest BCUT2D eigenvalue weighted by atomic mass is 16.7. The van der Waals surface area contributed by atoms with Crippen molar-refractivity contribution in [3.63, 3.8) is 0 Å². The molecule has 2 aromatic rings. The van der Waals surface area contributed by atoms with Crippen LogP contribution in [-0.4, -0.2) is 31.4 Å². The number of rotatable bonds is 10. The average Bonchev–Trinajstić information content (AvgIpc) is 3.41. The quantitative estimate of drug-likeness (QED) is 0.155. The number of hydrogen-bond acceptors (Lipinski definition) is 5. The molecule has 4 aliphatic carbocycles. The van der Waals surface area contributed by atoms with Gasteiger partial charge in [0, 0.05) is 5.41 Å². The maximum Gasteiger partial charge on any atom is 0.340 e. The van der Waals surface area contributed by atoms with E-state index in [2.05, 4.69) is 20.8 Å². The normalized spacial score (nSPS) is 35.1. The topological polar surface area (TPSA) is 61.8 Å². The van der Waals surface area contributed by atoms with Gasteiger partial charge in [0.1, 0.15) is 6.10 Å². The molecule has 0 amide bonds. The van der Waals surface area contributed by atoms with Crippen LogP contribution in [0.3, 0.4) is 0 Å². The van der Waals surface area contributed by atoms with Crippen LogP contribution < -0.4 is 0 Å². The Morgan fingerprint density at radius 2 is 1.55 bits per heavy atom. The van der Waals surface area contributed by atoms with Gasteiger partial charge >= 0.3 is 11.9 Å². The Balaban J connectivity index is 1.13. The first-order chi connectivity index (χ1) is 21.3. The number of esters is 2. The maximum absolute atomic E-state index is 13.6. The Bertz CT molecular complexity index is 1260. The Hall–Kier alpha value is -2.66. The fourth-order valence-corrected chi connectivity index (χ4v) is 10.7. The number of benzene rings is 2. The van der Waals surface area contributed by atoms with Gasteiger partial charge < -0.3 is 14.2 Å². The van der Waals surface area contributed by atoms with Gasteiger partial charge in [0.2, 0.25) is 0 Å². The van der Waals surface area contributed by atoms with Gasteiger partial charge in [0.05, 0.1) is 17.7 Å². The highest BCUT2D eigenvalue weighted by Crippen LogP contribution is 2.69. The van der Waals surface area contributed by atoms with Crippen LogP contribution >= 0.6 is 0 Å². The molecule has 0 saturated heterocycles. The van der Waals surface area contributed by atoms with Gasteiger partial charge in [0.15, 0.2) is 6.79 Å². The fraction of sp³-hybridized carbons (Fsp3) is 0.641. The zero-order valence-electron chi connectivity index (χ0n) is 27.0. The van der Waals surface area contributed by atoms with E-state index < -0.39 is 0 Å². The van der Waals surface area contributed by atoms with Crippen molar-refractivity contribution >= 4 is 11.9 Å². The molecule has 0 aliphatic heterocycles. The summed E-state index contributed by atoms with van der Waals surface area (Å²) in [5.74, 6) is 3.32. The molecule has 4 aliphatic rings. The molecule has 6 rings (SSSR count). The van der Waals surface area contributed by atoms with Crippen LogP contribution in [0.4, 0.5) is 0 Å². The molecule has 9 atom stereocenters. The summed E-state index contributed by atoms with van der Waals surface area (Å²) in [5.41, 5.74) is 1.56. The van der Waals surface area contributed by atoms with Crippen molar-refractivity contribution in [2.45, 2.75) is 97.5 Å². The summed E-state index contributed by atoms with van der Waals surface area (Å²) >= 11 is 0. The lowest BCUT2D eigenvalue weighted by molar-refractivity contribution is -0.170. The molecule has 238 valence electrons. The van der Waals surface area contributed by atoms with E-state index in [1.165, 1.54) is 51.4 Å². The summed E-state index contributed by atoms with van der Waals surface area (Å²) in [6.07, 6.45) is 13.6. The summed E-state index contributed by atoms with van der Waals surface area (Å²) in [4.78, 5) is 25.8. The smallest absolute Gasteiger partial charge is 0.340 e. The second-order valence-corrected chi connectivity index (χ2v) is 14.9. The van der Waals surface area contributed by atoms with Crippen molar-refractivity contribution in [2.75, 3.05) is 13.4 Å². The molecule has 5 heteroatoms. The minimum atomic E-state index is -0.355. The number of carbonyl (C=O) groups is 2. The van der Waals surface area contributed by atoms with E-state index in [9.17, 15) is 9.59 Å². The van der Waals surface area contributed by atoms with Crippen LogP contribution in [0.2, 0.25) is 0 Å². The maximum atomic E-state index is 13.6. The first-order valence-electron chi connectivity index (χ1n) is 17.4. The Labute approximate surface area is 264 Å². The molecule has 0 radical (unpaired) electrons. The van der Waals surface area contributed by atoms with Crippen LogP contribution in [0.1, 0.15) is 112 Å². The minimum Gasteiger partial charge on any atom is -0.458 e. The predicted octanol–water partition coefficient (Wildman–Crippen LogP) is 9.12. The highest BCUT2D eigenvalue weighted by molar-refractivity contribution is 5.89. The van der Waals surface area contributed by atoms with E-state index in [4.69, 9.17) is 14.2 Å². The van der Waals surface area contributed by atoms with Crippen LogP contribution in [0.5, 0.6) is 0 Å². The highest BCUT2D eigenvalue weighted by Gasteiger charge is 2.64. The van der Waals surface area contributed by atoms with Gasteiger partial charge in [-0.05, 0) is 123 Å². The Kier molecular flexibility index (Phi) is 9.52. The van der Waals surface area contributed by atoms with Crippen molar-refractivity contribution in [3.8, 4) is 0 Å². The molecule has 0 spiro atoms. The second-order valence-electron chi connectivity index (χ2n) is 14.9.